The zero-order chi connectivity index (χ0) is 14.1. The van der Waals surface area contributed by atoms with Gasteiger partial charge in [-0.2, -0.15) is 0 Å². The predicted molar refractivity (Wildman–Crippen MR) is 72.2 cm³/mol. The van der Waals surface area contributed by atoms with Crippen LogP contribution in [0.2, 0.25) is 0 Å². The van der Waals surface area contributed by atoms with Gasteiger partial charge in [0.2, 0.25) is 5.91 Å². The van der Waals surface area contributed by atoms with E-state index >= 15 is 0 Å². The molecule has 19 heavy (non-hydrogen) atoms. The minimum Gasteiger partial charge on any atom is -0.383 e. The topological polar surface area (TPSA) is 93.4 Å². The molecule has 0 bridgehead atoms. The highest BCUT2D eigenvalue weighted by atomic mass is 16.5. The first kappa shape index (κ1) is 15.9. The first-order chi connectivity index (χ1) is 9.13. The fourth-order valence-corrected chi connectivity index (χ4v) is 2.33. The SMILES string of the molecule is COCCNC(=O)C(N)NC(=O)CCC1CCCC1. The summed E-state index contributed by atoms with van der Waals surface area (Å²) in [5.74, 6) is 0.130. The average molecular weight is 271 g/mol. The summed E-state index contributed by atoms with van der Waals surface area (Å²) >= 11 is 0. The lowest BCUT2D eigenvalue weighted by Crippen LogP contribution is -2.52. The molecule has 0 aliphatic heterocycles. The number of nitrogens with one attached hydrogen (secondary N) is 2. The molecule has 0 spiro atoms. The largest absolute Gasteiger partial charge is 0.383 e. The summed E-state index contributed by atoms with van der Waals surface area (Å²) in [6, 6.07) is 0. The van der Waals surface area contributed by atoms with Crippen molar-refractivity contribution in [2.24, 2.45) is 11.7 Å². The Hall–Kier alpha value is -1.14. The van der Waals surface area contributed by atoms with Crippen LogP contribution in [-0.4, -0.2) is 38.2 Å². The van der Waals surface area contributed by atoms with Crippen molar-refractivity contribution in [3.8, 4) is 0 Å². The highest BCUT2D eigenvalue weighted by Gasteiger charge is 2.18. The molecule has 1 saturated carbocycles. The van der Waals surface area contributed by atoms with Gasteiger partial charge in [0, 0.05) is 20.1 Å². The van der Waals surface area contributed by atoms with E-state index in [2.05, 4.69) is 10.6 Å². The number of carbonyl (C=O) groups is 2. The van der Waals surface area contributed by atoms with Crippen molar-refractivity contribution in [2.45, 2.75) is 44.7 Å². The van der Waals surface area contributed by atoms with Gasteiger partial charge in [-0.3, -0.25) is 9.59 Å². The summed E-state index contributed by atoms with van der Waals surface area (Å²) in [5, 5.41) is 5.10. The molecule has 0 aromatic heterocycles. The molecule has 1 rings (SSSR count). The van der Waals surface area contributed by atoms with Gasteiger partial charge in [0.25, 0.3) is 5.91 Å². The molecule has 1 aliphatic carbocycles. The van der Waals surface area contributed by atoms with Crippen LogP contribution in [0.3, 0.4) is 0 Å². The quantitative estimate of drug-likeness (QED) is 0.432. The predicted octanol–water partition coefficient (Wildman–Crippen LogP) is 0.120. The molecule has 1 unspecified atom stereocenters. The second kappa shape index (κ2) is 8.87. The Labute approximate surface area is 114 Å². The van der Waals surface area contributed by atoms with Crippen molar-refractivity contribution in [2.75, 3.05) is 20.3 Å². The maximum absolute atomic E-state index is 11.6. The number of amides is 2. The van der Waals surface area contributed by atoms with Crippen LogP contribution in [0.5, 0.6) is 0 Å². The lowest BCUT2D eigenvalue weighted by molar-refractivity contribution is -0.129. The molecule has 0 saturated heterocycles. The third kappa shape index (κ3) is 6.54. The highest BCUT2D eigenvalue weighted by Crippen LogP contribution is 2.28. The van der Waals surface area contributed by atoms with Crippen LogP contribution in [0.15, 0.2) is 0 Å². The van der Waals surface area contributed by atoms with Crippen molar-refractivity contribution in [3.05, 3.63) is 0 Å². The molecule has 0 heterocycles. The van der Waals surface area contributed by atoms with Crippen LogP contribution in [0, 0.1) is 5.92 Å². The molecule has 1 aliphatic rings. The summed E-state index contributed by atoms with van der Waals surface area (Å²) in [5.41, 5.74) is 5.60. The minimum atomic E-state index is -0.979. The van der Waals surface area contributed by atoms with E-state index in [0.717, 1.165) is 6.42 Å². The molecule has 2 amide bonds. The molecule has 6 nitrogen and oxygen atoms in total. The maximum atomic E-state index is 11.6. The molecule has 1 fully saturated rings. The van der Waals surface area contributed by atoms with Gasteiger partial charge in [0.05, 0.1) is 6.61 Å². The molecule has 6 heteroatoms. The van der Waals surface area contributed by atoms with Crippen LogP contribution in [0.4, 0.5) is 0 Å². The van der Waals surface area contributed by atoms with E-state index in [1.807, 2.05) is 0 Å². The van der Waals surface area contributed by atoms with E-state index in [1.54, 1.807) is 7.11 Å². The standard InChI is InChI=1S/C13H25N3O3/c1-19-9-8-15-13(18)12(14)16-11(17)7-6-10-4-2-3-5-10/h10,12H,2-9,14H2,1H3,(H,15,18)(H,16,17). The van der Waals surface area contributed by atoms with Crippen molar-refractivity contribution < 1.29 is 14.3 Å². The van der Waals surface area contributed by atoms with Crippen LogP contribution < -0.4 is 16.4 Å². The van der Waals surface area contributed by atoms with Gasteiger partial charge in [-0.25, -0.2) is 0 Å². The Balaban J connectivity index is 2.13. The Morgan fingerprint density at radius 3 is 2.68 bits per heavy atom. The number of carbonyl (C=O) groups excluding carboxylic acids is 2. The number of rotatable bonds is 8. The monoisotopic (exact) mass is 271 g/mol. The molecule has 110 valence electrons. The zero-order valence-corrected chi connectivity index (χ0v) is 11.6. The molecular weight excluding hydrogens is 246 g/mol. The molecule has 0 aromatic carbocycles. The normalized spacial score (nSPS) is 17.2. The smallest absolute Gasteiger partial charge is 0.257 e. The summed E-state index contributed by atoms with van der Waals surface area (Å²) < 4.78 is 4.81. The molecule has 0 aromatic rings. The summed E-state index contributed by atoms with van der Waals surface area (Å²) in [6.45, 7) is 0.815. The third-order valence-electron chi connectivity index (χ3n) is 3.46. The van der Waals surface area contributed by atoms with Gasteiger partial charge in [-0.15, -0.1) is 0 Å². The maximum Gasteiger partial charge on any atom is 0.257 e. The number of hydrogen-bond donors (Lipinski definition) is 3. The van der Waals surface area contributed by atoms with Crippen molar-refractivity contribution in [1.82, 2.24) is 10.6 Å². The van der Waals surface area contributed by atoms with E-state index in [1.165, 1.54) is 25.7 Å². The fourth-order valence-electron chi connectivity index (χ4n) is 2.33. The first-order valence-electron chi connectivity index (χ1n) is 6.95. The number of hydrogen-bond acceptors (Lipinski definition) is 4. The van der Waals surface area contributed by atoms with Gasteiger partial charge in [-0.1, -0.05) is 25.7 Å². The highest BCUT2D eigenvalue weighted by molar-refractivity contribution is 5.86. The van der Waals surface area contributed by atoms with Crippen molar-refractivity contribution in [1.29, 1.82) is 0 Å². The fraction of sp³-hybridized carbons (Fsp3) is 0.846. The van der Waals surface area contributed by atoms with Crippen LogP contribution in [0.1, 0.15) is 38.5 Å². The Kier molecular flexibility index (Phi) is 7.43. The summed E-state index contributed by atoms with van der Waals surface area (Å²) in [6.07, 6.45) is 5.34. The molecule has 1 atom stereocenters. The number of nitrogens with two attached hydrogens (primary N) is 1. The van der Waals surface area contributed by atoms with Gasteiger partial charge in [0.1, 0.15) is 0 Å². The van der Waals surface area contributed by atoms with E-state index in [4.69, 9.17) is 10.5 Å². The minimum absolute atomic E-state index is 0.152. The summed E-state index contributed by atoms with van der Waals surface area (Å²) in [4.78, 5) is 23.2. The van der Waals surface area contributed by atoms with Gasteiger partial charge < -0.3 is 21.1 Å². The zero-order valence-electron chi connectivity index (χ0n) is 11.6. The Morgan fingerprint density at radius 1 is 1.37 bits per heavy atom. The lowest BCUT2D eigenvalue weighted by Gasteiger charge is -2.14. The van der Waals surface area contributed by atoms with E-state index in [0.29, 0.717) is 25.5 Å². The van der Waals surface area contributed by atoms with Gasteiger partial charge in [0.15, 0.2) is 6.17 Å². The second-order valence-corrected chi connectivity index (χ2v) is 5.02. The van der Waals surface area contributed by atoms with Crippen molar-refractivity contribution >= 4 is 11.8 Å². The van der Waals surface area contributed by atoms with Crippen LogP contribution >= 0.6 is 0 Å². The van der Waals surface area contributed by atoms with Crippen molar-refractivity contribution in [3.63, 3.8) is 0 Å². The average Bonchev–Trinajstić information content (AvgIpc) is 2.89. The van der Waals surface area contributed by atoms with Crippen LogP contribution in [-0.2, 0) is 14.3 Å². The number of ether oxygens (including phenoxy) is 1. The third-order valence-corrected chi connectivity index (χ3v) is 3.46. The first-order valence-corrected chi connectivity index (χ1v) is 6.95. The Morgan fingerprint density at radius 2 is 2.05 bits per heavy atom. The van der Waals surface area contributed by atoms with Gasteiger partial charge in [-0.05, 0) is 12.3 Å². The van der Waals surface area contributed by atoms with Crippen LogP contribution in [0.25, 0.3) is 0 Å². The number of methoxy groups -OCH3 is 1. The van der Waals surface area contributed by atoms with E-state index in [-0.39, 0.29) is 11.8 Å². The lowest BCUT2D eigenvalue weighted by atomic mass is 10.0. The summed E-state index contributed by atoms with van der Waals surface area (Å²) in [7, 11) is 1.55. The molecular formula is C13H25N3O3. The molecule has 4 N–H and O–H groups in total. The molecule has 0 radical (unpaired) electrons. The second-order valence-electron chi connectivity index (χ2n) is 5.02. The van der Waals surface area contributed by atoms with E-state index < -0.39 is 6.17 Å². The van der Waals surface area contributed by atoms with Gasteiger partial charge >= 0.3 is 0 Å². The Bertz CT molecular complexity index is 291. The van der Waals surface area contributed by atoms with E-state index in [9.17, 15) is 9.59 Å².